The molecule has 16 heavy (non-hydrogen) atoms. The minimum atomic E-state index is 0.0531. The third-order valence-corrected chi connectivity index (χ3v) is 3.63. The Kier molecular flexibility index (Phi) is 3.30. The second-order valence-electron chi connectivity index (χ2n) is 5.35. The van der Waals surface area contributed by atoms with Gasteiger partial charge in [0.25, 0.3) is 0 Å². The van der Waals surface area contributed by atoms with Crippen molar-refractivity contribution in [1.29, 1.82) is 0 Å². The Morgan fingerprint density at radius 2 is 2.38 bits per heavy atom. The van der Waals surface area contributed by atoms with Gasteiger partial charge in [-0.15, -0.1) is 0 Å². The fraction of sp³-hybridized carbons (Fsp3) is 0.750. The lowest BCUT2D eigenvalue weighted by Crippen LogP contribution is -2.39. The summed E-state index contributed by atoms with van der Waals surface area (Å²) in [6.07, 6.45) is 7.91. The van der Waals surface area contributed by atoms with Gasteiger partial charge in [0, 0.05) is 37.9 Å². The molecule has 2 rings (SSSR count). The van der Waals surface area contributed by atoms with Crippen molar-refractivity contribution in [3.05, 3.63) is 18.0 Å². The summed E-state index contributed by atoms with van der Waals surface area (Å²) in [6.45, 7) is 4.27. The molecular weight excluding hydrogens is 200 g/mol. The summed E-state index contributed by atoms with van der Waals surface area (Å²) >= 11 is 0. The summed E-state index contributed by atoms with van der Waals surface area (Å²) in [5, 5.41) is 7.60. The predicted octanol–water partition coefficient (Wildman–Crippen LogP) is 1.20. The van der Waals surface area contributed by atoms with Gasteiger partial charge in [0.2, 0.25) is 0 Å². The Balaban J connectivity index is 1.73. The number of aromatic nitrogens is 2. The van der Waals surface area contributed by atoms with Gasteiger partial charge < -0.3 is 11.1 Å². The van der Waals surface area contributed by atoms with E-state index in [9.17, 15) is 0 Å². The van der Waals surface area contributed by atoms with Crippen LogP contribution in [0.15, 0.2) is 12.4 Å². The monoisotopic (exact) mass is 222 g/mol. The Hall–Kier alpha value is -0.870. The fourth-order valence-electron chi connectivity index (χ4n) is 2.24. The van der Waals surface area contributed by atoms with Gasteiger partial charge in [0.05, 0.1) is 6.20 Å². The average Bonchev–Trinajstić information content (AvgIpc) is 2.62. The maximum Gasteiger partial charge on any atom is 0.0537 e. The van der Waals surface area contributed by atoms with Gasteiger partial charge >= 0.3 is 0 Å². The van der Waals surface area contributed by atoms with E-state index in [2.05, 4.69) is 17.3 Å². The highest BCUT2D eigenvalue weighted by atomic mass is 15.2. The Morgan fingerprint density at radius 3 is 2.88 bits per heavy atom. The average molecular weight is 222 g/mol. The first-order chi connectivity index (χ1) is 7.59. The van der Waals surface area contributed by atoms with Crippen molar-refractivity contribution in [3.8, 4) is 0 Å². The second-order valence-corrected chi connectivity index (χ2v) is 5.35. The van der Waals surface area contributed by atoms with E-state index in [0.29, 0.717) is 5.41 Å². The molecule has 4 nitrogen and oxygen atoms in total. The summed E-state index contributed by atoms with van der Waals surface area (Å²) in [4.78, 5) is 0. The molecule has 0 aromatic carbocycles. The van der Waals surface area contributed by atoms with Crippen LogP contribution in [0.5, 0.6) is 0 Å². The van der Waals surface area contributed by atoms with Crippen LogP contribution in [0, 0.1) is 5.41 Å². The van der Waals surface area contributed by atoms with Gasteiger partial charge in [-0.05, 0) is 18.3 Å². The normalized spacial score (nSPS) is 20.4. The quantitative estimate of drug-likeness (QED) is 0.787. The second kappa shape index (κ2) is 4.55. The first kappa shape index (κ1) is 11.6. The minimum Gasteiger partial charge on any atom is -0.323 e. The molecule has 0 saturated heterocycles. The Morgan fingerprint density at radius 1 is 1.62 bits per heavy atom. The fourth-order valence-corrected chi connectivity index (χ4v) is 2.24. The SMILES string of the molecule is Cn1cc(C(N)CNCC2(C)CCC2)cn1. The smallest absolute Gasteiger partial charge is 0.0537 e. The molecule has 0 radical (unpaired) electrons. The van der Waals surface area contributed by atoms with Gasteiger partial charge in [0.15, 0.2) is 0 Å². The highest BCUT2D eigenvalue weighted by Gasteiger charge is 2.31. The molecule has 0 amide bonds. The highest BCUT2D eigenvalue weighted by molar-refractivity contribution is 5.09. The minimum absolute atomic E-state index is 0.0531. The van der Waals surface area contributed by atoms with Crippen molar-refractivity contribution in [2.45, 2.75) is 32.2 Å². The van der Waals surface area contributed by atoms with Crippen molar-refractivity contribution in [2.75, 3.05) is 13.1 Å². The molecule has 1 unspecified atom stereocenters. The summed E-state index contributed by atoms with van der Waals surface area (Å²) < 4.78 is 1.79. The van der Waals surface area contributed by atoms with Gasteiger partial charge in [-0.3, -0.25) is 4.68 Å². The first-order valence-corrected chi connectivity index (χ1v) is 6.04. The van der Waals surface area contributed by atoms with Crippen molar-refractivity contribution >= 4 is 0 Å². The number of aryl methyl sites for hydroxylation is 1. The van der Waals surface area contributed by atoms with Gasteiger partial charge in [-0.1, -0.05) is 13.3 Å². The van der Waals surface area contributed by atoms with Crippen molar-refractivity contribution in [1.82, 2.24) is 15.1 Å². The number of nitrogens with zero attached hydrogens (tertiary/aromatic N) is 2. The van der Waals surface area contributed by atoms with Crippen molar-refractivity contribution in [2.24, 2.45) is 18.2 Å². The van der Waals surface area contributed by atoms with Crippen LogP contribution < -0.4 is 11.1 Å². The standard InChI is InChI=1S/C12H22N4/c1-12(4-3-5-12)9-14-7-11(13)10-6-15-16(2)8-10/h6,8,11,14H,3-5,7,9,13H2,1-2H3. The maximum atomic E-state index is 6.08. The van der Waals surface area contributed by atoms with Gasteiger partial charge in [-0.25, -0.2) is 0 Å². The van der Waals surface area contributed by atoms with Gasteiger partial charge in [-0.2, -0.15) is 5.10 Å². The largest absolute Gasteiger partial charge is 0.323 e. The molecule has 0 aliphatic heterocycles. The zero-order chi connectivity index (χ0) is 11.6. The van der Waals surface area contributed by atoms with Crippen molar-refractivity contribution < 1.29 is 0 Å². The van der Waals surface area contributed by atoms with Crippen LogP contribution in [0.4, 0.5) is 0 Å². The molecule has 1 atom stereocenters. The van der Waals surface area contributed by atoms with Crippen LogP contribution in [-0.4, -0.2) is 22.9 Å². The first-order valence-electron chi connectivity index (χ1n) is 6.04. The molecule has 4 heteroatoms. The Bertz CT molecular complexity index is 341. The van der Waals surface area contributed by atoms with E-state index in [-0.39, 0.29) is 6.04 Å². The van der Waals surface area contributed by atoms with Crippen LogP contribution in [0.3, 0.4) is 0 Å². The lowest BCUT2D eigenvalue weighted by molar-refractivity contribution is 0.156. The van der Waals surface area contributed by atoms with Crippen LogP contribution in [0.1, 0.15) is 37.8 Å². The zero-order valence-electron chi connectivity index (χ0n) is 10.2. The lowest BCUT2D eigenvalue weighted by Gasteiger charge is -2.38. The summed E-state index contributed by atoms with van der Waals surface area (Å²) in [7, 11) is 1.92. The molecule has 1 aliphatic rings. The van der Waals surface area contributed by atoms with E-state index in [1.165, 1.54) is 19.3 Å². The molecule has 90 valence electrons. The number of hydrogen-bond donors (Lipinski definition) is 2. The van der Waals surface area contributed by atoms with E-state index in [1.807, 2.05) is 19.4 Å². The lowest BCUT2D eigenvalue weighted by atomic mass is 9.70. The van der Waals surface area contributed by atoms with Crippen LogP contribution >= 0.6 is 0 Å². The molecule has 0 spiro atoms. The molecule has 1 aromatic rings. The van der Waals surface area contributed by atoms with Crippen LogP contribution in [0.25, 0.3) is 0 Å². The molecule has 1 aliphatic carbocycles. The summed E-state index contributed by atoms with van der Waals surface area (Å²) in [5.41, 5.74) is 7.71. The number of hydrogen-bond acceptors (Lipinski definition) is 3. The molecule has 3 N–H and O–H groups in total. The van der Waals surface area contributed by atoms with E-state index < -0.39 is 0 Å². The van der Waals surface area contributed by atoms with E-state index in [1.54, 1.807) is 4.68 Å². The van der Waals surface area contributed by atoms with E-state index in [0.717, 1.165) is 18.7 Å². The molecule has 1 heterocycles. The predicted molar refractivity (Wildman–Crippen MR) is 65.0 cm³/mol. The van der Waals surface area contributed by atoms with Crippen LogP contribution in [0.2, 0.25) is 0 Å². The van der Waals surface area contributed by atoms with E-state index >= 15 is 0 Å². The zero-order valence-corrected chi connectivity index (χ0v) is 10.2. The van der Waals surface area contributed by atoms with Crippen molar-refractivity contribution in [3.63, 3.8) is 0 Å². The number of nitrogens with two attached hydrogens (primary N) is 1. The van der Waals surface area contributed by atoms with E-state index in [4.69, 9.17) is 5.73 Å². The number of nitrogens with one attached hydrogen (secondary N) is 1. The topological polar surface area (TPSA) is 55.9 Å². The molecule has 0 bridgehead atoms. The van der Waals surface area contributed by atoms with Crippen LogP contribution in [-0.2, 0) is 7.05 Å². The number of rotatable bonds is 5. The summed E-state index contributed by atoms with van der Waals surface area (Å²) in [5.74, 6) is 0. The third kappa shape index (κ3) is 2.62. The molecular formula is C12H22N4. The molecule has 1 saturated carbocycles. The highest BCUT2D eigenvalue weighted by Crippen LogP contribution is 2.39. The molecule has 1 aromatic heterocycles. The summed E-state index contributed by atoms with van der Waals surface area (Å²) in [6, 6.07) is 0.0531. The maximum absolute atomic E-state index is 6.08. The third-order valence-electron chi connectivity index (χ3n) is 3.63. The molecule has 1 fully saturated rings. The Labute approximate surface area is 97.2 Å². The van der Waals surface area contributed by atoms with Gasteiger partial charge in [0.1, 0.15) is 0 Å².